The molecule has 0 bridgehead atoms. The first-order valence-corrected chi connectivity index (χ1v) is 5.38. The minimum absolute atomic E-state index is 0.0690. The number of nitrogens with one attached hydrogen (secondary N) is 2. The summed E-state index contributed by atoms with van der Waals surface area (Å²) >= 11 is 0. The topological polar surface area (TPSA) is 67.2 Å². The van der Waals surface area contributed by atoms with E-state index in [1.165, 1.54) is 0 Å². The summed E-state index contributed by atoms with van der Waals surface area (Å²) in [5, 5.41) is 5.67. The van der Waals surface area contributed by atoms with Gasteiger partial charge in [0.1, 0.15) is 0 Å². The van der Waals surface area contributed by atoms with Crippen molar-refractivity contribution in [2.24, 2.45) is 11.7 Å². The molecule has 0 aromatic carbocycles. The lowest BCUT2D eigenvalue weighted by Gasteiger charge is -2.13. The molecule has 0 heterocycles. The van der Waals surface area contributed by atoms with Gasteiger partial charge in [0.2, 0.25) is 0 Å². The molecule has 1 aliphatic carbocycles. The highest BCUT2D eigenvalue weighted by molar-refractivity contribution is 5.74. The number of carbonyl (C=O) groups is 1. The van der Waals surface area contributed by atoms with Crippen LogP contribution in [0.2, 0.25) is 0 Å². The summed E-state index contributed by atoms with van der Waals surface area (Å²) in [6, 6.07) is 0.469. The van der Waals surface area contributed by atoms with E-state index in [2.05, 4.69) is 10.6 Å². The van der Waals surface area contributed by atoms with E-state index in [0.717, 1.165) is 25.8 Å². The number of nitrogens with two attached hydrogens (primary N) is 1. The van der Waals surface area contributed by atoms with Crippen LogP contribution in [0.1, 0.15) is 33.1 Å². The SMILES string of the molecule is CC(C)NC(=O)NC[C@@H]1CC[C@H](N)C1. The minimum Gasteiger partial charge on any atom is -0.338 e. The second kappa shape index (κ2) is 5.20. The van der Waals surface area contributed by atoms with Gasteiger partial charge in [-0.1, -0.05) is 0 Å². The molecular weight excluding hydrogens is 178 g/mol. The van der Waals surface area contributed by atoms with Gasteiger partial charge in [0, 0.05) is 18.6 Å². The highest BCUT2D eigenvalue weighted by atomic mass is 16.2. The van der Waals surface area contributed by atoms with Gasteiger partial charge in [-0.3, -0.25) is 0 Å². The summed E-state index contributed by atoms with van der Waals surface area (Å²) in [6.07, 6.45) is 3.28. The highest BCUT2D eigenvalue weighted by Gasteiger charge is 2.21. The van der Waals surface area contributed by atoms with Crippen molar-refractivity contribution in [2.75, 3.05) is 6.54 Å². The minimum atomic E-state index is -0.0690. The van der Waals surface area contributed by atoms with E-state index < -0.39 is 0 Å². The largest absolute Gasteiger partial charge is 0.338 e. The van der Waals surface area contributed by atoms with Gasteiger partial charge in [-0.25, -0.2) is 4.79 Å². The molecule has 4 nitrogen and oxygen atoms in total. The molecule has 14 heavy (non-hydrogen) atoms. The summed E-state index contributed by atoms with van der Waals surface area (Å²) in [5.74, 6) is 0.572. The van der Waals surface area contributed by atoms with Crippen LogP contribution < -0.4 is 16.4 Å². The van der Waals surface area contributed by atoms with Crippen molar-refractivity contribution in [3.63, 3.8) is 0 Å². The number of urea groups is 1. The van der Waals surface area contributed by atoms with E-state index in [4.69, 9.17) is 5.73 Å². The van der Waals surface area contributed by atoms with E-state index in [0.29, 0.717) is 12.0 Å². The van der Waals surface area contributed by atoms with Crippen molar-refractivity contribution < 1.29 is 4.79 Å². The van der Waals surface area contributed by atoms with Gasteiger partial charge in [-0.2, -0.15) is 0 Å². The molecule has 0 aromatic heterocycles. The van der Waals surface area contributed by atoms with Crippen molar-refractivity contribution in [1.82, 2.24) is 10.6 Å². The Balaban J connectivity index is 2.11. The Morgan fingerprint density at radius 1 is 1.50 bits per heavy atom. The number of carbonyl (C=O) groups excluding carboxylic acids is 1. The van der Waals surface area contributed by atoms with Crippen LogP contribution in [-0.2, 0) is 0 Å². The highest BCUT2D eigenvalue weighted by Crippen LogP contribution is 2.22. The molecule has 4 N–H and O–H groups in total. The van der Waals surface area contributed by atoms with Gasteiger partial charge in [-0.15, -0.1) is 0 Å². The second-order valence-electron chi connectivity index (χ2n) is 4.45. The maximum atomic E-state index is 11.2. The molecule has 1 rings (SSSR count). The number of hydrogen-bond donors (Lipinski definition) is 3. The van der Waals surface area contributed by atoms with Crippen molar-refractivity contribution in [3.8, 4) is 0 Å². The quantitative estimate of drug-likeness (QED) is 0.630. The smallest absolute Gasteiger partial charge is 0.314 e. The molecule has 0 unspecified atom stereocenters. The lowest BCUT2D eigenvalue weighted by molar-refractivity contribution is 0.236. The monoisotopic (exact) mass is 199 g/mol. The zero-order valence-corrected chi connectivity index (χ0v) is 9.05. The summed E-state index contributed by atoms with van der Waals surface area (Å²) < 4.78 is 0. The van der Waals surface area contributed by atoms with Crippen LogP contribution in [0.4, 0.5) is 4.79 Å². The normalized spacial score (nSPS) is 26.6. The summed E-state index contributed by atoms with van der Waals surface area (Å²) in [7, 11) is 0. The van der Waals surface area contributed by atoms with E-state index in [1.54, 1.807) is 0 Å². The lowest BCUT2D eigenvalue weighted by Crippen LogP contribution is -2.41. The molecule has 0 spiro atoms. The van der Waals surface area contributed by atoms with Crippen LogP contribution in [0.15, 0.2) is 0 Å². The molecule has 1 saturated carbocycles. The van der Waals surface area contributed by atoms with Crippen LogP contribution in [0, 0.1) is 5.92 Å². The van der Waals surface area contributed by atoms with Crippen LogP contribution in [0.25, 0.3) is 0 Å². The van der Waals surface area contributed by atoms with Gasteiger partial charge in [0.15, 0.2) is 0 Å². The third-order valence-corrected chi connectivity index (χ3v) is 2.55. The van der Waals surface area contributed by atoms with Crippen molar-refractivity contribution in [2.45, 2.75) is 45.2 Å². The van der Waals surface area contributed by atoms with Gasteiger partial charge in [0.05, 0.1) is 0 Å². The summed E-state index contributed by atoms with van der Waals surface area (Å²) in [5.41, 5.74) is 5.78. The summed E-state index contributed by atoms with van der Waals surface area (Å²) in [4.78, 5) is 11.2. The number of amides is 2. The first-order valence-electron chi connectivity index (χ1n) is 5.38. The zero-order valence-electron chi connectivity index (χ0n) is 9.05. The third kappa shape index (κ3) is 3.96. The van der Waals surface area contributed by atoms with Gasteiger partial charge < -0.3 is 16.4 Å². The Kier molecular flexibility index (Phi) is 4.20. The van der Waals surface area contributed by atoms with Crippen molar-refractivity contribution >= 4 is 6.03 Å². The van der Waals surface area contributed by atoms with E-state index in [9.17, 15) is 4.79 Å². The van der Waals surface area contributed by atoms with Gasteiger partial charge >= 0.3 is 6.03 Å². The van der Waals surface area contributed by atoms with Gasteiger partial charge in [0.25, 0.3) is 0 Å². The Bertz CT molecular complexity index is 194. The molecule has 0 radical (unpaired) electrons. The molecule has 2 amide bonds. The second-order valence-corrected chi connectivity index (χ2v) is 4.45. The Hall–Kier alpha value is -0.770. The molecule has 0 aromatic rings. The maximum Gasteiger partial charge on any atom is 0.314 e. The fourth-order valence-electron chi connectivity index (χ4n) is 1.85. The molecule has 82 valence electrons. The van der Waals surface area contributed by atoms with Crippen molar-refractivity contribution in [1.29, 1.82) is 0 Å². The fraction of sp³-hybridized carbons (Fsp3) is 0.900. The molecule has 4 heteroatoms. The van der Waals surface area contributed by atoms with Crippen molar-refractivity contribution in [3.05, 3.63) is 0 Å². The average molecular weight is 199 g/mol. The van der Waals surface area contributed by atoms with Crippen LogP contribution in [-0.4, -0.2) is 24.7 Å². The summed E-state index contributed by atoms with van der Waals surface area (Å²) in [6.45, 7) is 4.66. The maximum absolute atomic E-state index is 11.2. The molecule has 0 saturated heterocycles. The number of rotatable bonds is 3. The average Bonchev–Trinajstić information content (AvgIpc) is 2.47. The zero-order chi connectivity index (χ0) is 10.6. The van der Waals surface area contributed by atoms with Crippen LogP contribution in [0.5, 0.6) is 0 Å². The molecule has 1 aliphatic rings. The Labute approximate surface area is 85.6 Å². The molecule has 0 aliphatic heterocycles. The van der Waals surface area contributed by atoms with E-state index in [1.807, 2.05) is 13.8 Å². The first kappa shape index (κ1) is 11.3. The Morgan fingerprint density at radius 3 is 2.71 bits per heavy atom. The number of hydrogen-bond acceptors (Lipinski definition) is 2. The molecule has 1 fully saturated rings. The fourth-order valence-corrected chi connectivity index (χ4v) is 1.85. The Morgan fingerprint density at radius 2 is 2.21 bits per heavy atom. The standard InChI is InChI=1S/C10H21N3O/c1-7(2)13-10(14)12-6-8-3-4-9(11)5-8/h7-9H,3-6,11H2,1-2H3,(H2,12,13,14)/t8-,9+/m1/s1. The lowest BCUT2D eigenvalue weighted by atomic mass is 10.1. The van der Waals surface area contributed by atoms with E-state index >= 15 is 0 Å². The van der Waals surface area contributed by atoms with Gasteiger partial charge in [-0.05, 0) is 39.0 Å². The third-order valence-electron chi connectivity index (χ3n) is 2.55. The van der Waals surface area contributed by atoms with Crippen LogP contribution >= 0.6 is 0 Å². The molecular formula is C10H21N3O. The molecule has 2 atom stereocenters. The first-order chi connectivity index (χ1) is 6.58. The van der Waals surface area contributed by atoms with Crippen LogP contribution in [0.3, 0.4) is 0 Å². The van der Waals surface area contributed by atoms with E-state index in [-0.39, 0.29) is 12.1 Å². The predicted octanol–water partition coefficient (Wildman–Crippen LogP) is 0.821. The predicted molar refractivity (Wildman–Crippen MR) is 57.0 cm³/mol.